The molecule has 0 spiro atoms. The molecule has 0 aliphatic carbocycles. The number of nitrogens with two attached hydrogens (primary N) is 1. The molecule has 1 aliphatic rings. The predicted molar refractivity (Wildman–Crippen MR) is 75.6 cm³/mol. The van der Waals surface area contributed by atoms with Gasteiger partial charge in [0.15, 0.2) is 5.65 Å². The molecule has 3 rings (SSSR count). The minimum atomic E-state index is -0.129. The molecule has 8 nitrogen and oxygen atoms in total. The van der Waals surface area contributed by atoms with Crippen molar-refractivity contribution in [2.45, 2.75) is 18.6 Å². The summed E-state index contributed by atoms with van der Waals surface area (Å²) in [6.45, 7) is 1.12. The third-order valence-corrected chi connectivity index (χ3v) is 3.89. The highest BCUT2D eigenvalue weighted by atomic mass is 16.5. The number of rotatable bonds is 2. The van der Waals surface area contributed by atoms with E-state index in [1.54, 1.807) is 36.0 Å². The smallest absolute Gasteiger partial charge is 0.255 e. The van der Waals surface area contributed by atoms with Crippen LogP contribution < -0.4 is 5.73 Å². The average Bonchev–Trinajstić information content (AvgIpc) is 2.88. The summed E-state index contributed by atoms with van der Waals surface area (Å²) in [7, 11) is 3.38. The fraction of sp³-hybridized carbons (Fsp3) is 0.538. The van der Waals surface area contributed by atoms with Crippen LogP contribution in [-0.4, -0.2) is 63.1 Å². The summed E-state index contributed by atoms with van der Waals surface area (Å²) in [6.07, 6.45) is 2.16. The normalized spacial score (nSPS) is 22.7. The molecule has 0 bridgehead atoms. The van der Waals surface area contributed by atoms with Crippen molar-refractivity contribution in [1.82, 2.24) is 24.9 Å². The maximum atomic E-state index is 12.6. The number of ether oxygens (including phenoxy) is 1. The third kappa shape index (κ3) is 2.47. The van der Waals surface area contributed by atoms with Crippen LogP contribution in [0.2, 0.25) is 0 Å². The van der Waals surface area contributed by atoms with Crippen molar-refractivity contribution in [3.05, 3.63) is 17.8 Å². The molecule has 0 radical (unpaired) electrons. The number of piperidine rings is 1. The molecule has 2 atom stereocenters. The molecule has 1 fully saturated rings. The van der Waals surface area contributed by atoms with Gasteiger partial charge in [-0.15, -0.1) is 5.10 Å². The Morgan fingerprint density at radius 3 is 3.10 bits per heavy atom. The van der Waals surface area contributed by atoms with Gasteiger partial charge in [-0.2, -0.15) is 0 Å². The lowest BCUT2D eigenvalue weighted by Gasteiger charge is -2.35. The summed E-state index contributed by atoms with van der Waals surface area (Å²) in [5.41, 5.74) is 7.75. The number of hydrogen-bond acceptors (Lipinski definition) is 6. The summed E-state index contributed by atoms with van der Waals surface area (Å²) in [5, 5.41) is 7.87. The van der Waals surface area contributed by atoms with Gasteiger partial charge < -0.3 is 15.4 Å². The van der Waals surface area contributed by atoms with E-state index < -0.39 is 0 Å². The highest BCUT2D eigenvalue weighted by molar-refractivity contribution is 5.96. The summed E-state index contributed by atoms with van der Waals surface area (Å²) >= 11 is 0. The monoisotopic (exact) mass is 290 g/mol. The first kappa shape index (κ1) is 13.9. The quantitative estimate of drug-likeness (QED) is 0.804. The van der Waals surface area contributed by atoms with Gasteiger partial charge in [0, 0.05) is 39.5 Å². The predicted octanol–water partition coefficient (Wildman–Crippen LogP) is -0.448. The van der Waals surface area contributed by atoms with Gasteiger partial charge in [0.25, 0.3) is 5.91 Å². The molecule has 2 aromatic heterocycles. The van der Waals surface area contributed by atoms with Crippen LogP contribution in [0.15, 0.2) is 12.3 Å². The molecule has 112 valence electrons. The number of fused-ring (bicyclic) bond motifs is 1. The highest BCUT2D eigenvalue weighted by Gasteiger charge is 2.30. The van der Waals surface area contributed by atoms with Crippen LogP contribution in [0.5, 0.6) is 0 Å². The molecule has 0 saturated carbocycles. The summed E-state index contributed by atoms with van der Waals surface area (Å²) < 4.78 is 6.91. The summed E-state index contributed by atoms with van der Waals surface area (Å²) in [6, 6.07) is 1.69. The zero-order chi connectivity index (χ0) is 15.0. The average molecular weight is 290 g/mol. The number of carbonyl (C=O) groups is 1. The van der Waals surface area contributed by atoms with Crippen LogP contribution in [-0.2, 0) is 11.8 Å². The second-order valence-corrected chi connectivity index (χ2v) is 5.26. The number of carbonyl (C=O) groups excluding carboxylic acids is 1. The Kier molecular flexibility index (Phi) is 3.56. The van der Waals surface area contributed by atoms with Gasteiger partial charge in [-0.05, 0) is 12.5 Å². The van der Waals surface area contributed by atoms with E-state index in [0.29, 0.717) is 29.8 Å². The van der Waals surface area contributed by atoms with E-state index in [4.69, 9.17) is 10.5 Å². The van der Waals surface area contributed by atoms with Crippen LogP contribution in [0.25, 0.3) is 11.2 Å². The molecule has 2 aromatic rings. The van der Waals surface area contributed by atoms with Gasteiger partial charge in [0.2, 0.25) is 0 Å². The topological polar surface area (TPSA) is 99.2 Å². The van der Waals surface area contributed by atoms with E-state index in [1.165, 1.54) is 0 Å². The standard InChI is InChI=1S/C13H18N6O2/c1-18-12-10(16-17-18)5-8(6-15-12)13(20)19-4-3-9(14)11(7-19)21-2/h5-6,9,11H,3-4,7,14H2,1-2H3/t9-,11+/m1/s1. The minimum absolute atomic E-state index is 0.0281. The van der Waals surface area contributed by atoms with E-state index in [1.807, 2.05) is 0 Å². The van der Waals surface area contributed by atoms with Crippen LogP contribution in [0.1, 0.15) is 16.8 Å². The zero-order valence-electron chi connectivity index (χ0n) is 12.1. The second kappa shape index (κ2) is 5.38. The number of aryl methyl sites for hydroxylation is 1. The highest BCUT2D eigenvalue weighted by Crippen LogP contribution is 2.16. The molecule has 8 heteroatoms. The number of pyridine rings is 1. The Hall–Kier alpha value is -2.06. The Morgan fingerprint density at radius 1 is 1.52 bits per heavy atom. The van der Waals surface area contributed by atoms with Crippen LogP contribution in [0.4, 0.5) is 0 Å². The first-order valence-electron chi connectivity index (χ1n) is 6.83. The molecule has 1 amide bonds. The summed E-state index contributed by atoms with van der Waals surface area (Å²) in [4.78, 5) is 18.5. The molecule has 0 aromatic carbocycles. The van der Waals surface area contributed by atoms with E-state index in [0.717, 1.165) is 6.42 Å². The van der Waals surface area contributed by atoms with Gasteiger partial charge in [-0.25, -0.2) is 9.67 Å². The van der Waals surface area contributed by atoms with Crippen LogP contribution in [0.3, 0.4) is 0 Å². The van der Waals surface area contributed by atoms with Crippen molar-refractivity contribution in [1.29, 1.82) is 0 Å². The minimum Gasteiger partial charge on any atom is -0.378 e. The van der Waals surface area contributed by atoms with Gasteiger partial charge in [-0.1, -0.05) is 5.21 Å². The van der Waals surface area contributed by atoms with Crippen LogP contribution in [0, 0.1) is 0 Å². The van der Waals surface area contributed by atoms with E-state index >= 15 is 0 Å². The maximum Gasteiger partial charge on any atom is 0.255 e. The Labute approximate surface area is 121 Å². The number of aromatic nitrogens is 4. The number of hydrogen-bond donors (Lipinski definition) is 1. The molecular formula is C13H18N6O2. The molecule has 3 heterocycles. The Bertz CT molecular complexity index is 670. The maximum absolute atomic E-state index is 12.6. The van der Waals surface area contributed by atoms with E-state index in [9.17, 15) is 4.79 Å². The lowest BCUT2D eigenvalue weighted by molar-refractivity contribution is 0.0162. The molecular weight excluding hydrogens is 272 g/mol. The molecule has 0 unspecified atom stereocenters. The van der Waals surface area contributed by atoms with Crippen molar-refractivity contribution in [3.8, 4) is 0 Å². The lowest BCUT2D eigenvalue weighted by Crippen LogP contribution is -2.53. The summed E-state index contributed by atoms with van der Waals surface area (Å²) in [5.74, 6) is -0.0796. The number of amides is 1. The van der Waals surface area contributed by atoms with Gasteiger partial charge in [0.05, 0.1) is 11.7 Å². The first-order valence-corrected chi connectivity index (χ1v) is 6.83. The first-order chi connectivity index (χ1) is 10.1. The van der Waals surface area contributed by atoms with Crippen molar-refractivity contribution >= 4 is 17.1 Å². The van der Waals surface area contributed by atoms with E-state index in [-0.39, 0.29) is 18.1 Å². The Balaban J connectivity index is 1.83. The molecule has 21 heavy (non-hydrogen) atoms. The fourth-order valence-corrected chi connectivity index (χ4v) is 2.59. The van der Waals surface area contributed by atoms with Gasteiger partial charge >= 0.3 is 0 Å². The largest absolute Gasteiger partial charge is 0.378 e. The number of likely N-dealkylation sites (tertiary alicyclic amines) is 1. The Morgan fingerprint density at radius 2 is 2.33 bits per heavy atom. The second-order valence-electron chi connectivity index (χ2n) is 5.26. The van der Waals surface area contributed by atoms with Crippen LogP contribution >= 0.6 is 0 Å². The van der Waals surface area contributed by atoms with Crippen molar-refractivity contribution < 1.29 is 9.53 Å². The van der Waals surface area contributed by atoms with Crippen molar-refractivity contribution in [2.75, 3.05) is 20.2 Å². The lowest BCUT2D eigenvalue weighted by atomic mass is 10.0. The van der Waals surface area contributed by atoms with Gasteiger partial charge in [-0.3, -0.25) is 4.79 Å². The third-order valence-electron chi connectivity index (χ3n) is 3.89. The SMILES string of the molecule is CO[C@H]1CN(C(=O)c2cnc3c(c2)nnn3C)CC[C@H]1N. The fourth-order valence-electron chi connectivity index (χ4n) is 2.59. The molecule has 2 N–H and O–H groups in total. The molecule has 1 aliphatic heterocycles. The number of methoxy groups -OCH3 is 1. The van der Waals surface area contributed by atoms with Gasteiger partial charge in [0.1, 0.15) is 5.52 Å². The van der Waals surface area contributed by atoms with Crippen molar-refractivity contribution in [3.63, 3.8) is 0 Å². The number of nitrogens with zero attached hydrogens (tertiary/aromatic N) is 5. The zero-order valence-corrected chi connectivity index (χ0v) is 12.1. The molecule has 1 saturated heterocycles. The van der Waals surface area contributed by atoms with Crippen molar-refractivity contribution in [2.24, 2.45) is 12.8 Å². The van der Waals surface area contributed by atoms with E-state index in [2.05, 4.69) is 15.3 Å².